The van der Waals surface area contributed by atoms with Gasteiger partial charge in [0.15, 0.2) is 5.13 Å². The van der Waals surface area contributed by atoms with Crippen LogP contribution >= 0.6 is 11.3 Å². The SMILES string of the molecule is C=C(C)CNc1nc(N)c(C(=O)c2ccccc2)s1. The first-order valence-electron chi connectivity index (χ1n) is 5.82. The van der Waals surface area contributed by atoms with Crippen LogP contribution in [0.5, 0.6) is 0 Å². The number of ketones is 1. The molecule has 0 radical (unpaired) electrons. The summed E-state index contributed by atoms with van der Waals surface area (Å²) in [7, 11) is 0. The van der Waals surface area contributed by atoms with Gasteiger partial charge in [0.2, 0.25) is 5.78 Å². The number of thiazole rings is 1. The molecule has 0 aliphatic carbocycles. The minimum absolute atomic E-state index is 0.0982. The number of hydrogen-bond donors (Lipinski definition) is 2. The van der Waals surface area contributed by atoms with Crippen LogP contribution in [0.4, 0.5) is 10.9 Å². The highest BCUT2D eigenvalue weighted by Crippen LogP contribution is 2.27. The zero-order valence-corrected chi connectivity index (χ0v) is 11.5. The summed E-state index contributed by atoms with van der Waals surface area (Å²) in [6.45, 7) is 6.33. The third-order valence-electron chi connectivity index (χ3n) is 2.44. The Labute approximate surface area is 116 Å². The summed E-state index contributed by atoms with van der Waals surface area (Å²) in [5, 5.41) is 3.73. The number of carbonyl (C=O) groups excluding carboxylic acids is 1. The summed E-state index contributed by atoms with van der Waals surface area (Å²) < 4.78 is 0. The van der Waals surface area contributed by atoms with Crippen molar-refractivity contribution in [2.75, 3.05) is 17.6 Å². The van der Waals surface area contributed by atoms with Crippen molar-refractivity contribution in [2.45, 2.75) is 6.92 Å². The molecule has 0 spiro atoms. The van der Waals surface area contributed by atoms with Crippen molar-refractivity contribution in [3.63, 3.8) is 0 Å². The monoisotopic (exact) mass is 273 g/mol. The van der Waals surface area contributed by atoms with Crippen LogP contribution in [0.2, 0.25) is 0 Å². The number of anilines is 2. The molecule has 0 aliphatic heterocycles. The number of hydrogen-bond acceptors (Lipinski definition) is 5. The van der Waals surface area contributed by atoms with Crippen LogP contribution < -0.4 is 11.1 Å². The first kappa shape index (κ1) is 13.3. The second-order valence-electron chi connectivity index (χ2n) is 4.24. The molecule has 98 valence electrons. The zero-order valence-electron chi connectivity index (χ0n) is 10.6. The van der Waals surface area contributed by atoms with Gasteiger partial charge in [0.1, 0.15) is 10.7 Å². The van der Waals surface area contributed by atoms with E-state index < -0.39 is 0 Å². The van der Waals surface area contributed by atoms with Gasteiger partial charge in [0.25, 0.3) is 0 Å². The van der Waals surface area contributed by atoms with Gasteiger partial charge in [0, 0.05) is 12.1 Å². The fraction of sp³-hybridized carbons (Fsp3) is 0.143. The lowest BCUT2D eigenvalue weighted by Crippen LogP contribution is -2.02. The quantitative estimate of drug-likeness (QED) is 0.649. The number of rotatable bonds is 5. The topological polar surface area (TPSA) is 68.0 Å². The molecule has 1 heterocycles. The first-order valence-corrected chi connectivity index (χ1v) is 6.64. The summed E-state index contributed by atoms with van der Waals surface area (Å²) in [5.74, 6) is 0.169. The summed E-state index contributed by atoms with van der Waals surface area (Å²) in [5.41, 5.74) is 7.41. The molecule has 0 fully saturated rings. The number of nitrogens with two attached hydrogens (primary N) is 1. The van der Waals surface area contributed by atoms with Crippen molar-refractivity contribution in [2.24, 2.45) is 0 Å². The number of benzene rings is 1. The van der Waals surface area contributed by atoms with E-state index in [1.54, 1.807) is 12.1 Å². The van der Waals surface area contributed by atoms with Crippen LogP contribution in [0.3, 0.4) is 0 Å². The summed E-state index contributed by atoms with van der Waals surface area (Å²) >= 11 is 1.27. The molecule has 2 aromatic rings. The Hall–Kier alpha value is -2.14. The molecular formula is C14H15N3OS. The molecule has 0 unspecified atom stereocenters. The minimum Gasteiger partial charge on any atom is -0.382 e. The maximum atomic E-state index is 12.3. The molecule has 1 aromatic heterocycles. The van der Waals surface area contributed by atoms with Crippen molar-refractivity contribution in [3.8, 4) is 0 Å². The molecule has 0 saturated carbocycles. The number of nitrogens with zero attached hydrogens (tertiary/aromatic N) is 1. The van der Waals surface area contributed by atoms with Gasteiger partial charge < -0.3 is 11.1 Å². The third kappa shape index (κ3) is 3.20. The highest BCUT2D eigenvalue weighted by atomic mass is 32.1. The lowest BCUT2D eigenvalue weighted by molar-refractivity contribution is 0.104. The minimum atomic E-state index is -0.0982. The van der Waals surface area contributed by atoms with E-state index in [2.05, 4.69) is 16.9 Å². The van der Waals surface area contributed by atoms with Gasteiger partial charge in [-0.3, -0.25) is 4.79 Å². The van der Waals surface area contributed by atoms with E-state index in [1.165, 1.54) is 11.3 Å². The van der Waals surface area contributed by atoms with Crippen molar-refractivity contribution < 1.29 is 4.79 Å². The van der Waals surface area contributed by atoms with E-state index in [0.29, 0.717) is 22.1 Å². The smallest absolute Gasteiger partial charge is 0.206 e. The van der Waals surface area contributed by atoms with Gasteiger partial charge in [-0.25, -0.2) is 4.98 Å². The Morgan fingerprint density at radius 3 is 2.74 bits per heavy atom. The third-order valence-corrected chi connectivity index (χ3v) is 3.46. The Bertz CT molecular complexity index is 604. The second-order valence-corrected chi connectivity index (χ2v) is 5.24. The van der Waals surface area contributed by atoms with Crippen LogP contribution in [0.25, 0.3) is 0 Å². The van der Waals surface area contributed by atoms with E-state index in [0.717, 1.165) is 5.57 Å². The number of carbonyl (C=O) groups is 1. The fourth-order valence-corrected chi connectivity index (χ4v) is 2.36. The average Bonchev–Trinajstić information content (AvgIpc) is 2.78. The predicted octanol–water partition coefficient (Wildman–Crippen LogP) is 2.94. The zero-order chi connectivity index (χ0) is 13.8. The van der Waals surface area contributed by atoms with Crippen LogP contribution in [-0.4, -0.2) is 17.3 Å². The number of aromatic nitrogens is 1. The van der Waals surface area contributed by atoms with Crippen LogP contribution in [-0.2, 0) is 0 Å². The highest BCUT2D eigenvalue weighted by Gasteiger charge is 2.17. The lowest BCUT2D eigenvalue weighted by Gasteiger charge is -1.99. The fourth-order valence-electron chi connectivity index (χ4n) is 1.52. The van der Waals surface area contributed by atoms with E-state index in [1.807, 2.05) is 25.1 Å². The molecule has 0 aliphatic rings. The largest absolute Gasteiger partial charge is 0.382 e. The Balaban J connectivity index is 2.21. The Morgan fingerprint density at radius 2 is 2.11 bits per heavy atom. The van der Waals surface area contributed by atoms with Crippen LogP contribution in [0, 0.1) is 0 Å². The standard InChI is InChI=1S/C14H15N3OS/c1-9(2)8-16-14-17-13(15)12(19-14)11(18)10-6-4-3-5-7-10/h3-7H,1,8,15H2,2H3,(H,16,17). The van der Waals surface area contributed by atoms with Gasteiger partial charge in [-0.15, -0.1) is 0 Å². The summed E-state index contributed by atoms with van der Waals surface area (Å²) in [6.07, 6.45) is 0. The van der Waals surface area contributed by atoms with Crippen molar-refractivity contribution in [3.05, 3.63) is 52.9 Å². The highest BCUT2D eigenvalue weighted by molar-refractivity contribution is 7.18. The molecule has 19 heavy (non-hydrogen) atoms. The van der Waals surface area contributed by atoms with Crippen LogP contribution in [0.15, 0.2) is 42.5 Å². The van der Waals surface area contributed by atoms with Gasteiger partial charge in [0.05, 0.1) is 0 Å². The van der Waals surface area contributed by atoms with Gasteiger partial charge in [-0.05, 0) is 6.92 Å². The molecular weight excluding hydrogens is 258 g/mol. The Kier molecular flexibility index (Phi) is 3.97. The molecule has 0 atom stereocenters. The molecule has 1 aromatic carbocycles. The molecule has 0 bridgehead atoms. The second kappa shape index (κ2) is 5.67. The van der Waals surface area contributed by atoms with Gasteiger partial charge in [-0.2, -0.15) is 0 Å². The van der Waals surface area contributed by atoms with E-state index in [4.69, 9.17) is 5.73 Å². The maximum Gasteiger partial charge on any atom is 0.206 e. The Morgan fingerprint density at radius 1 is 1.42 bits per heavy atom. The van der Waals surface area contributed by atoms with Gasteiger partial charge in [-0.1, -0.05) is 53.8 Å². The van der Waals surface area contributed by atoms with Gasteiger partial charge >= 0.3 is 0 Å². The molecule has 5 heteroatoms. The molecule has 2 rings (SSSR count). The van der Waals surface area contributed by atoms with Crippen molar-refractivity contribution >= 4 is 28.1 Å². The van der Waals surface area contributed by atoms with Crippen molar-refractivity contribution in [1.82, 2.24) is 4.98 Å². The summed E-state index contributed by atoms with van der Waals surface area (Å²) in [4.78, 5) is 16.9. The molecule has 0 amide bonds. The predicted molar refractivity (Wildman–Crippen MR) is 79.7 cm³/mol. The van der Waals surface area contributed by atoms with E-state index in [9.17, 15) is 4.79 Å². The molecule has 3 N–H and O–H groups in total. The van der Waals surface area contributed by atoms with Crippen LogP contribution in [0.1, 0.15) is 22.2 Å². The molecule has 4 nitrogen and oxygen atoms in total. The van der Waals surface area contributed by atoms with E-state index in [-0.39, 0.29) is 11.6 Å². The summed E-state index contributed by atoms with van der Waals surface area (Å²) in [6, 6.07) is 9.05. The maximum absolute atomic E-state index is 12.3. The normalized spacial score (nSPS) is 10.2. The number of nitrogens with one attached hydrogen (secondary N) is 1. The average molecular weight is 273 g/mol. The van der Waals surface area contributed by atoms with Crippen molar-refractivity contribution in [1.29, 1.82) is 0 Å². The number of nitrogen functional groups attached to an aromatic ring is 1. The first-order chi connectivity index (χ1) is 9.08. The lowest BCUT2D eigenvalue weighted by atomic mass is 10.1. The molecule has 0 saturated heterocycles. The van der Waals surface area contributed by atoms with E-state index >= 15 is 0 Å².